The first-order valence-electron chi connectivity index (χ1n) is 10.1. The van der Waals surface area contributed by atoms with E-state index in [0.717, 1.165) is 23.7 Å². The number of nitrogens with one attached hydrogen (secondary N) is 2. The number of imide groups is 1. The van der Waals surface area contributed by atoms with Gasteiger partial charge in [0, 0.05) is 24.5 Å². The molecule has 2 N–H and O–H groups in total. The highest BCUT2D eigenvalue weighted by molar-refractivity contribution is 6.42. The van der Waals surface area contributed by atoms with Crippen LogP contribution < -0.4 is 15.5 Å². The minimum atomic E-state index is -1.34. The maximum absolute atomic E-state index is 13.0. The van der Waals surface area contributed by atoms with Gasteiger partial charge in [-0.15, -0.1) is 0 Å². The van der Waals surface area contributed by atoms with Crippen LogP contribution in [0.3, 0.4) is 0 Å². The van der Waals surface area contributed by atoms with Crippen molar-refractivity contribution < 1.29 is 19.1 Å². The number of carbonyl (C=O) groups excluding carboxylic acids is 3. The number of amides is 4. The molecular weight excluding hydrogens is 455 g/mol. The van der Waals surface area contributed by atoms with E-state index in [-0.39, 0.29) is 5.02 Å². The Hall–Kier alpha value is -2.81. The SMILES string of the molecule is CC1(c2ccc(Cl)c(Cl)c2)NC(=O)N(CC(=O)Nc2ccc(N3CCOCC3)cc2)C1=O. The summed E-state index contributed by atoms with van der Waals surface area (Å²) >= 11 is 12.0. The molecule has 2 fully saturated rings. The Bertz CT molecular complexity index is 1060. The molecule has 2 aromatic carbocycles. The number of rotatable bonds is 5. The molecule has 0 spiro atoms. The molecule has 1 atom stereocenters. The maximum atomic E-state index is 13.0. The third kappa shape index (κ3) is 4.39. The van der Waals surface area contributed by atoms with Gasteiger partial charge in [0.1, 0.15) is 12.1 Å². The summed E-state index contributed by atoms with van der Waals surface area (Å²) in [6, 6.07) is 11.4. The van der Waals surface area contributed by atoms with Gasteiger partial charge in [-0.1, -0.05) is 29.3 Å². The summed E-state index contributed by atoms with van der Waals surface area (Å²) in [5.74, 6) is -1.02. The molecule has 0 aliphatic carbocycles. The van der Waals surface area contributed by atoms with Crippen molar-refractivity contribution in [3.8, 4) is 0 Å². The third-order valence-electron chi connectivity index (χ3n) is 5.60. The molecule has 0 saturated carbocycles. The van der Waals surface area contributed by atoms with Crippen molar-refractivity contribution in [1.29, 1.82) is 0 Å². The van der Waals surface area contributed by atoms with Gasteiger partial charge >= 0.3 is 6.03 Å². The van der Waals surface area contributed by atoms with Gasteiger partial charge < -0.3 is 20.3 Å². The molecule has 0 aromatic heterocycles. The summed E-state index contributed by atoms with van der Waals surface area (Å²) < 4.78 is 5.36. The van der Waals surface area contributed by atoms with Crippen LogP contribution in [0.15, 0.2) is 42.5 Å². The van der Waals surface area contributed by atoms with E-state index in [1.165, 1.54) is 6.07 Å². The fourth-order valence-electron chi connectivity index (χ4n) is 3.76. The van der Waals surface area contributed by atoms with Crippen molar-refractivity contribution in [1.82, 2.24) is 10.2 Å². The summed E-state index contributed by atoms with van der Waals surface area (Å²) in [5, 5.41) is 5.98. The van der Waals surface area contributed by atoms with Crippen molar-refractivity contribution in [3.63, 3.8) is 0 Å². The van der Waals surface area contributed by atoms with Crippen LogP contribution in [0.1, 0.15) is 12.5 Å². The number of benzene rings is 2. The molecular formula is C22H22Cl2N4O4. The average Bonchev–Trinajstić information content (AvgIpc) is 3.00. The number of hydrogen-bond donors (Lipinski definition) is 2. The van der Waals surface area contributed by atoms with Crippen molar-refractivity contribution in [2.75, 3.05) is 43.1 Å². The van der Waals surface area contributed by atoms with Crippen molar-refractivity contribution >= 4 is 52.4 Å². The Morgan fingerprint density at radius 2 is 1.78 bits per heavy atom. The van der Waals surface area contributed by atoms with Gasteiger partial charge in [-0.2, -0.15) is 0 Å². The highest BCUT2D eigenvalue weighted by Gasteiger charge is 2.49. The average molecular weight is 477 g/mol. The molecule has 2 heterocycles. The Morgan fingerprint density at radius 1 is 1.09 bits per heavy atom. The van der Waals surface area contributed by atoms with Gasteiger partial charge in [-0.25, -0.2) is 4.79 Å². The maximum Gasteiger partial charge on any atom is 0.325 e. The molecule has 2 saturated heterocycles. The van der Waals surface area contributed by atoms with Gasteiger partial charge in [0.25, 0.3) is 5.91 Å². The topological polar surface area (TPSA) is 91.0 Å². The Morgan fingerprint density at radius 3 is 2.44 bits per heavy atom. The predicted octanol–water partition coefficient (Wildman–Crippen LogP) is 3.24. The summed E-state index contributed by atoms with van der Waals surface area (Å²) in [5.41, 5.74) is 0.752. The smallest absolute Gasteiger partial charge is 0.325 e. The van der Waals surface area contributed by atoms with E-state index in [9.17, 15) is 14.4 Å². The van der Waals surface area contributed by atoms with Crippen molar-refractivity contribution in [3.05, 3.63) is 58.1 Å². The zero-order valence-corrected chi connectivity index (χ0v) is 18.9. The highest BCUT2D eigenvalue weighted by Crippen LogP contribution is 2.33. The second-order valence-electron chi connectivity index (χ2n) is 7.77. The predicted molar refractivity (Wildman–Crippen MR) is 122 cm³/mol. The van der Waals surface area contributed by atoms with Crippen LogP contribution in [0.2, 0.25) is 10.0 Å². The van der Waals surface area contributed by atoms with E-state index in [0.29, 0.717) is 29.5 Å². The Kier molecular flexibility index (Phi) is 6.28. The summed E-state index contributed by atoms with van der Waals surface area (Å²) in [4.78, 5) is 41.1. The first-order valence-corrected chi connectivity index (χ1v) is 10.9. The van der Waals surface area contributed by atoms with Crippen LogP contribution in [0.25, 0.3) is 0 Å². The van der Waals surface area contributed by atoms with Gasteiger partial charge in [-0.3, -0.25) is 14.5 Å². The zero-order chi connectivity index (χ0) is 22.9. The van der Waals surface area contributed by atoms with E-state index in [2.05, 4.69) is 15.5 Å². The Labute approximate surface area is 195 Å². The quantitative estimate of drug-likeness (QED) is 0.646. The molecule has 10 heteroatoms. The minimum absolute atomic E-state index is 0.268. The van der Waals surface area contributed by atoms with Crippen molar-refractivity contribution in [2.24, 2.45) is 0 Å². The van der Waals surface area contributed by atoms with Gasteiger partial charge in [-0.05, 0) is 48.9 Å². The van der Waals surface area contributed by atoms with E-state index >= 15 is 0 Å². The number of ether oxygens (including phenoxy) is 1. The molecule has 32 heavy (non-hydrogen) atoms. The van der Waals surface area contributed by atoms with Crippen LogP contribution in [-0.4, -0.2) is 55.6 Å². The zero-order valence-electron chi connectivity index (χ0n) is 17.4. The lowest BCUT2D eigenvalue weighted by Crippen LogP contribution is -2.42. The molecule has 2 aliphatic heterocycles. The molecule has 2 aromatic rings. The number of halogens is 2. The Balaban J connectivity index is 1.41. The lowest BCUT2D eigenvalue weighted by Gasteiger charge is -2.28. The third-order valence-corrected chi connectivity index (χ3v) is 6.34. The molecule has 4 rings (SSSR count). The summed E-state index contributed by atoms with van der Waals surface area (Å²) in [7, 11) is 0. The van der Waals surface area contributed by atoms with Crippen LogP contribution >= 0.6 is 23.2 Å². The summed E-state index contributed by atoms with van der Waals surface area (Å²) in [6.07, 6.45) is 0. The molecule has 8 nitrogen and oxygen atoms in total. The number of anilines is 2. The van der Waals surface area contributed by atoms with Crippen LogP contribution in [0, 0.1) is 0 Å². The second kappa shape index (κ2) is 8.97. The fraction of sp³-hybridized carbons (Fsp3) is 0.318. The van der Waals surface area contributed by atoms with Crippen LogP contribution in [0.4, 0.5) is 16.2 Å². The fourth-order valence-corrected chi connectivity index (χ4v) is 4.06. The highest BCUT2D eigenvalue weighted by atomic mass is 35.5. The number of nitrogens with zero attached hydrogens (tertiary/aromatic N) is 2. The van der Waals surface area contributed by atoms with E-state index in [4.69, 9.17) is 27.9 Å². The minimum Gasteiger partial charge on any atom is -0.378 e. The van der Waals surface area contributed by atoms with E-state index < -0.39 is 29.9 Å². The standard InChI is InChI=1S/C22H22Cl2N4O4/c1-22(14-2-7-17(23)18(24)12-14)20(30)28(21(31)26-22)13-19(29)25-15-3-5-16(6-4-15)27-8-10-32-11-9-27/h2-7,12H,8-11,13H2,1H3,(H,25,29)(H,26,31). The largest absolute Gasteiger partial charge is 0.378 e. The number of hydrogen-bond acceptors (Lipinski definition) is 5. The first-order chi connectivity index (χ1) is 15.3. The van der Waals surface area contributed by atoms with E-state index in [1.54, 1.807) is 31.2 Å². The normalized spacial score (nSPS) is 21.0. The monoisotopic (exact) mass is 476 g/mol. The van der Waals surface area contributed by atoms with Crippen LogP contribution in [-0.2, 0) is 19.9 Å². The molecule has 2 aliphatic rings. The second-order valence-corrected chi connectivity index (χ2v) is 8.58. The molecule has 0 bridgehead atoms. The molecule has 168 valence electrons. The number of carbonyl (C=O) groups is 3. The van der Waals surface area contributed by atoms with Crippen molar-refractivity contribution in [2.45, 2.75) is 12.5 Å². The number of urea groups is 1. The molecule has 0 radical (unpaired) electrons. The number of morpholine rings is 1. The van der Waals surface area contributed by atoms with E-state index in [1.807, 2.05) is 12.1 Å². The molecule has 4 amide bonds. The summed E-state index contributed by atoms with van der Waals surface area (Å²) in [6.45, 7) is 4.16. The van der Waals surface area contributed by atoms with Gasteiger partial charge in [0.05, 0.1) is 23.3 Å². The lowest BCUT2D eigenvalue weighted by molar-refractivity contribution is -0.133. The van der Waals surface area contributed by atoms with Crippen LogP contribution in [0.5, 0.6) is 0 Å². The molecule has 1 unspecified atom stereocenters. The van der Waals surface area contributed by atoms with Gasteiger partial charge in [0.15, 0.2) is 0 Å². The van der Waals surface area contributed by atoms with Gasteiger partial charge in [0.2, 0.25) is 5.91 Å². The lowest BCUT2D eigenvalue weighted by atomic mass is 9.92. The first kappa shape index (κ1) is 22.4.